The van der Waals surface area contributed by atoms with Crippen LogP contribution in [-0.4, -0.2) is 19.8 Å². The Labute approximate surface area is 91.4 Å². The van der Waals surface area contributed by atoms with Gasteiger partial charge in [0.1, 0.15) is 5.75 Å². The van der Waals surface area contributed by atoms with Gasteiger partial charge in [0.2, 0.25) is 0 Å². The molecular formula is C10H13F3N2O. The molecule has 0 radical (unpaired) electrons. The normalized spacial score (nSPS) is 11.2. The van der Waals surface area contributed by atoms with Crippen molar-refractivity contribution in [3.8, 4) is 5.75 Å². The number of hydrogen-bond acceptors (Lipinski definition) is 3. The van der Waals surface area contributed by atoms with E-state index in [2.05, 4.69) is 5.32 Å². The van der Waals surface area contributed by atoms with Crippen molar-refractivity contribution in [2.45, 2.75) is 12.6 Å². The van der Waals surface area contributed by atoms with Gasteiger partial charge in [-0.25, -0.2) is 0 Å². The predicted molar refractivity (Wildman–Crippen MR) is 56.6 cm³/mol. The Bertz CT molecular complexity index is 352. The highest BCUT2D eigenvalue weighted by Crippen LogP contribution is 2.25. The monoisotopic (exact) mass is 234 g/mol. The van der Waals surface area contributed by atoms with Gasteiger partial charge in [0.05, 0.1) is 19.2 Å². The molecule has 0 bridgehead atoms. The first kappa shape index (κ1) is 12.5. The zero-order valence-electron chi connectivity index (χ0n) is 8.77. The van der Waals surface area contributed by atoms with Crippen molar-refractivity contribution in [1.29, 1.82) is 0 Å². The Balaban J connectivity index is 2.55. The third kappa shape index (κ3) is 3.88. The van der Waals surface area contributed by atoms with E-state index >= 15 is 0 Å². The molecular weight excluding hydrogens is 221 g/mol. The van der Waals surface area contributed by atoms with Crippen LogP contribution in [0.15, 0.2) is 18.2 Å². The molecule has 1 aromatic rings. The molecule has 3 nitrogen and oxygen atoms in total. The number of nitrogens with two attached hydrogens (primary N) is 1. The molecule has 0 fully saturated rings. The fraction of sp³-hybridized carbons (Fsp3) is 0.400. The van der Waals surface area contributed by atoms with E-state index in [-0.39, 0.29) is 6.54 Å². The van der Waals surface area contributed by atoms with Gasteiger partial charge >= 0.3 is 6.18 Å². The summed E-state index contributed by atoms with van der Waals surface area (Å²) in [5.41, 5.74) is 6.56. The van der Waals surface area contributed by atoms with Gasteiger partial charge in [0.15, 0.2) is 0 Å². The Morgan fingerprint density at radius 1 is 1.38 bits per heavy atom. The highest BCUT2D eigenvalue weighted by Gasteiger charge is 2.26. The van der Waals surface area contributed by atoms with Crippen molar-refractivity contribution in [1.82, 2.24) is 0 Å². The molecule has 0 unspecified atom stereocenters. The second-order valence-electron chi connectivity index (χ2n) is 3.25. The molecule has 0 amide bonds. The van der Waals surface area contributed by atoms with Gasteiger partial charge in [0, 0.05) is 18.3 Å². The molecule has 0 aromatic heterocycles. The lowest BCUT2D eigenvalue weighted by Gasteiger charge is -2.11. The molecule has 1 aromatic carbocycles. The highest BCUT2D eigenvalue weighted by molar-refractivity contribution is 5.61. The number of hydrogen-bond donors (Lipinski definition) is 2. The lowest BCUT2D eigenvalue weighted by Crippen LogP contribution is -2.14. The molecule has 0 saturated carbocycles. The molecule has 0 aliphatic carbocycles. The average molecular weight is 234 g/mol. The molecule has 16 heavy (non-hydrogen) atoms. The number of rotatable bonds is 4. The van der Waals surface area contributed by atoms with Crippen LogP contribution in [0, 0.1) is 0 Å². The summed E-state index contributed by atoms with van der Waals surface area (Å²) in [6.45, 7) is -0.170. The zero-order valence-corrected chi connectivity index (χ0v) is 8.77. The Hall–Kier alpha value is -1.59. The summed E-state index contributed by atoms with van der Waals surface area (Å²) in [6.07, 6.45) is -5.02. The summed E-state index contributed by atoms with van der Waals surface area (Å²) in [5, 5.41) is 2.65. The number of anilines is 2. The van der Waals surface area contributed by atoms with Crippen LogP contribution in [0.3, 0.4) is 0 Å². The second kappa shape index (κ2) is 4.96. The zero-order chi connectivity index (χ0) is 12.2. The van der Waals surface area contributed by atoms with Crippen LogP contribution in [0.25, 0.3) is 0 Å². The fourth-order valence-corrected chi connectivity index (χ4v) is 1.17. The van der Waals surface area contributed by atoms with E-state index in [1.165, 1.54) is 7.11 Å². The maximum absolute atomic E-state index is 11.9. The van der Waals surface area contributed by atoms with Crippen LogP contribution >= 0.6 is 0 Å². The summed E-state index contributed by atoms with van der Waals surface area (Å²) in [5.74, 6) is 0.442. The largest absolute Gasteiger partial charge is 0.495 e. The van der Waals surface area contributed by atoms with Crippen LogP contribution in [0.4, 0.5) is 24.5 Å². The van der Waals surface area contributed by atoms with Crippen molar-refractivity contribution in [2.75, 3.05) is 24.7 Å². The number of benzene rings is 1. The van der Waals surface area contributed by atoms with E-state index in [9.17, 15) is 13.2 Å². The van der Waals surface area contributed by atoms with Gasteiger partial charge in [-0.3, -0.25) is 0 Å². The minimum absolute atomic E-state index is 0.170. The lowest BCUT2D eigenvalue weighted by molar-refractivity contribution is -0.131. The van der Waals surface area contributed by atoms with Gasteiger partial charge in [-0.05, 0) is 12.1 Å². The summed E-state index contributed by atoms with van der Waals surface area (Å²) < 4.78 is 40.6. The molecule has 0 saturated heterocycles. The number of halogens is 3. The molecule has 0 spiro atoms. The van der Waals surface area contributed by atoms with Crippen molar-refractivity contribution in [3.63, 3.8) is 0 Å². The Morgan fingerprint density at radius 2 is 2.06 bits per heavy atom. The van der Waals surface area contributed by atoms with Gasteiger partial charge < -0.3 is 15.8 Å². The van der Waals surface area contributed by atoms with Crippen LogP contribution in [-0.2, 0) is 0 Å². The first-order valence-corrected chi connectivity index (χ1v) is 4.66. The quantitative estimate of drug-likeness (QED) is 0.787. The SMILES string of the molecule is COc1cc(NCCC(F)(F)F)ccc1N. The van der Waals surface area contributed by atoms with Gasteiger partial charge in [-0.1, -0.05) is 0 Å². The maximum Gasteiger partial charge on any atom is 0.390 e. The highest BCUT2D eigenvalue weighted by atomic mass is 19.4. The molecule has 1 rings (SSSR count). The molecule has 90 valence electrons. The Kier molecular flexibility index (Phi) is 3.87. The topological polar surface area (TPSA) is 47.3 Å². The summed E-state index contributed by atoms with van der Waals surface area (Å²) in [7, 11) is 1.45. The van der Waals surface area contributed by atoms with E-state index < -0.39 is 12.6 Å². The molecule has 0 atom stereocenters. The van der Waals surface area contributed by atoms with E-state index in [0.717, 1.165) is 0 Å². The molecule has 0 heterocycles. The minimum Gasteiger partial charge on any atom is -0.495 e. The van der Waals surface area contributed by atoms with Crippen molar-refractivity contribution >= 4 is 11.4 Å². The summed E-state index contributed by atoms with van der Waals surface area (Å²) >= 11 is 0. The maximum atomic E-state index is 11.9. The van der Waals surface area contributed by atoms with Gasteiger partial charge in [-0.15, -0.1) is 0 Å². The van der Waals surface area contributed by atoms with Crippen LogP contribution < -0.4 is 15.8 Å². The van der Waals surface area contributed by atoms with Crippen molar-refractivity contribution < 1.29 is 17.9 Å². The predicted octanol–water partition coefficient (Wildman–Crippen LogP) is 2.64. The molecule has 3 N–H and O–H groups in total. The van der Waals surface area contributed by atoms with E-state index in [4.69, 9.17) is 10.5 Å². The number of ether oxygens (including phenoxy) is 1. The minimum atomic E-state index is -4.15. The standard InChI is InChI=1S/C10H13F3N2O/c1-16-9-6-7(2-3-8(9)14)15-5-4-10(11,12)13/h2-3,6,15H,4-5,14H2,1H3. The Morgan fingerprint density at radius 3 is 2.62 bits per heavy atom. The second-order valence-corrected chi connectivity index (χ2v) is 3.25. The summed E-state index contributed by atoms with van der Waals surface area (Å²) in [4.78, 5) is 0. The van der Waals surface area contributed by atoms with Crippen LogP contribution in [0.2, 0.25) is 0 Å². The van der Waals surface area contributed by atoms with Gasteiger partial charge in [0.25, 0.3) is 0 Å². The first-order chi connectivity index (χ1) is 7.42. The third-order valence-corrected chi connectivity index (χ3v) is 1.97. The molecule has 0 aliphatic heterocycles. The number of nitrogens with one attached hydrogen (secondary N) is 1. The van der Waals surface area contributed by atoms with E-state index in [0.29, 0.717) is 17.1 Å². The van der Waals surface area contributed by atoms with Crippen LogP contribution in [0.1, 0.15) is 6.42 Å². The smallest absolute Gasteiger partial charge is 0.390 e. The summed E-state index contributed by atoms with van der Waals surface area (Å²) in [6, 6.07) is 4.74. The molecule has 6 heteroatoms. The average Bonchev–Trinajstić information content (AvgIpc) is 2.18. The number of methoxy groups -OCH3 is 1. The lowest BCUT2D eigenvalue weighted by atomic mass is 10.2. The third-order valence-electron chi connectivity index (χ3n) is 1.97. The number of nitrogen functional groups attached to an aromatic ring is 1. The first-order valence-electron chi connectivity index (χ1n) is 4.66. The fourth-order valence-electron chi connectivity index (χ4n) is 1.17. The van der Waals surface area contributed by atoms with Crippen molar-refractivity contribution in [3.05, 3.63) is 18.2 Å². The number of alkyl halides is 3. The van der Waals surface area contributed by atoms with Crippen molar-refractivity contribution in [2.24, 2.45) is 0 Å². The van der Waals surface area contributed by atoms with Gasteiger partial charge in [-0.2, -0.15) is 13.2 Å². The van der Waals surface area contributed by atoms with E-state index in [1.807, 2.05) is 0 Å². The molecule has 0 aliphatic rings. The van der Waals surface area contributed by atoms with E-state index in [1.54, 1.807) is 18.2 Å². The van der Waals surface area contributed by atoms with Crippen LogP contribution in [0.5, 0.6) is 5.75 Å².